The highest BCUT2D eigenvalue weighted by Gasteiger charge is 2.33. The Kier molecular flexibility index (Phi) is 5.96. The van der Waals surface area contributed by atoms with Crippen molar-refractivity contribution in [1.29, 1.82) is 0 Å². The number of piperidine rings is 1. The van der Waals surface area contributed by atoms with Crippen LogP contribution in [0.25, 0.3) is 0 Å². The van der Waals surface area contributed by atoms with E-state index in [0.717, 1.165) is 36.5 Å². The Hall–Kier alpha value is -1.06. The number of halogens is 1. The molecule has 3 nitrogen and oxygen atoms in total. The summed E-state index contributed by atoms with van der Waals surface area (Å²) in [5.41, 5.74) is 1.10. The number of rotatable bonds is 4. The van der Waals surface area contributed by atoms with Crippen LogP contribution in [-0.2, 0) is 4.79 Å². The van der Waals surface area contributed by atoms with Crippen LogP contribution in [0, 0.1) is 0 Å². The third-order valence-electron chi connectivity index (χ3n) is 5.32. The molecule has 2 fully saturated rings. The molecule has 23 heavy (non-hydrogen) atoms. The highest BCUT2D eigenvalue weighted by Crippen LogP contribution is 2.20. The van der Waals surface area contributed by atoms with Crippen molar-refractivity contribution in [2.45, 2.75) is 63.5 Å². The van der Waals surface area contributed by atoms with E-state index >= 15 is 0 Å². The van der Waals surface area contributed by atoms with E-state index < -0.39 is 0 Å². The van der Waals surface area contributed by atoms with Gasteiger partial charge in [-0.15, -0.1) is 0 Å². The number of amides is 1. The monoisotopic (exact) mass is 335 g/mol. The molecule has 0 aromatic heterocycles. The van der Waals surface area contributed by atoms with Crippen LogP contribution in [0.1, 0.15) is 63.0 Å². The molecule has 1 aliphatic heterocycles. The lowest BCUT2D eigenvalue weighted by molar-refractivity contribution is -0.926. The molecule has 1 heterocycles. The van der Waals surface area contributed by atoms with Gasteiger partial charge in [0.15, 0.2) is 6.04 Å². The summed E-state index contributed by atoms with van der Waals surface area (Å²) in [4.78, 5) is 14.4. The first-order chi connectivity index (χ1) is 11.2. The molecule has 1 saturated heterocycles. The van der Waals surface area contributed by atoms with Crippen LogP contribution in [0.3, 0.4) is 0 Å². The van der Waals surface area contributed by atoms with Gasteiger partial charge in [-0.25, -0.2) is 0 Å². The first kappa shape index (κ1) is 16.8. The Bertz CT molecular complexity index is 505. The van der Waals surface area contributed by atoms with Crippen LogP contribution in [0.2, 0.25) is 5.02 Å². The summed E-state index contributed by atoms with van der Waals surface area (Å²) < 4.78 is 0. The number of carbonyl (C=O) groups excluding carboxylic acids is 1. The van der Waals surface area contributed by atoms with E-state index in [1.165, 1.54) is 43.4 Å². The number of nitrogens with one attached hydrogen (secondary N) is 2. The van der Waals surface area contributed by atoms with Gasteiger partial charge in [0.2, 0.25) is 0 Å². The van der Waals surface area contributed by atoms with Gasteiger partial charge in [-0.3, -0.25) is 4.79 Å². The van der Waals surface area contributed by atoms with Crippen LogP contribution in [-0.4, -0.2) is 25.0 Å². The fraction of sp³-hybridized carbons (Fsp3) is 0.632. The second kappa shape index (κ2) is 8.16. The van der Waals surface area contributed by atoms with Crippen molar-refractivity contribution < 1.29 is 9.69 Å². The minimum Gasteiger partial charge on any atom is -0.348 e. The second-order valence-corrected chi connectivity index (χ2v) is 7.48. The molecule has 1 aromatic carbocycles. The van der Waals surface area contributed by atoms with Crippen LogP contribution < -0.4 is 10.2 Å². The zero-order chi connectivity index (χ0) is 16.1. The number of hydrogen-bond donors (Lipinski definition) is 2. The number of carbonyl (C=O) groups is 1. The predicted octanol–water partition coefficient (Wildman–Crippen LogP) is 2.90. The number of quaternary nitrogens is 1. The Labute approximate surface area is 144 Å². The van der Waals surface area contributed by atoms with E-state index in [1.807, 2.05) is 24.3 Å². The maximum atomic E-state index is 13.0. The first-order valence-electron chi connectivity index (χ1n) is 9.14. The summed E-state index contributed by atoms with van der Waals surface area (Å²) >= 11 is 6.03. The molecule has 3 rings (SSSR count). The molecule has 1 atom stereocenters. The largest absolute Gasteiger partial charge is 0.348 e. The Morgan fingerprint density at radius 1 is 1.00 bits per heavy atom. The molecule has 1 aliphatic carbocycles. The summed E-state index contributed by atoms with van der Waals surface area (Å²) in [6, 6.07) is 8.14. The standard InChI is InChI=1S/C19H27ClN2O/c20-16-11-9-15(10-12-16)18(22-13-5-2-6-14-22)19(23)21-17-7-3-1-4-8-17/h9-12,17-18H,1-8,13-14H2,(H,21,23)/p+1. The fourth-order valence-electron chi connectivity index (χ4n) is 4.05. The molecule has 4 heteroatoms. The SMILES string of the molecule is O=C(NC1CCCCC1)C(c1ccc(Cl)cc1)[NH+]1CCCCC1. The Balaban J connectivity index is 1.75. The number of hydrogen-bond acceptors (Lipinski definition) is 1. The average molecular weight is 336 g/mol. The highest BCUT2D eigenvalue weighted by atomic mass is 35.5. The Morgan fingerprint density at radius 3 is 2.26 bits per heavy atom. The second-order valence-electron chi connectivity index (χ2n) is 7.05. The predicted molar refractivity (Wildman–Crippen MR) is 93.8 cm³/mol. The van der Waals surface area contributed by atoms with Gasteiger partial charge in [0.05, 0.1) is 13.1 Å². The minimum atomic E-state index is -0.0884. The quantitative estimate of drug-likeness (QED) is 0.871. The molecule has 2 aliphatic rings. The molecular formula is C19H28ClN2O+. The molecule has 0 bridgehead atoms. The lowest BCUT2D eigenvalue weighted by atomic mass is 9.94. The summed E-state index contributed by atoms with van der Waals surface area (Å²) in [7, 11) is 0. The molecular weight excluding hydrogens is 308 g/mol. The summed E-state index contributed by atoms with van der Waals surface area (Å²) in [6.45, 7) is 2.18. The number of likely N-dealkylation sites (tertiary alicyclic amines) is 1. The molecule has 1 amide bonds. The molecule has 0 spiro atoms. The zero-order valence-corrected chi connectivity index (χ0v) is 14.6. The van der Waals surface area contributed by atoms with Crippen molar-refractivity contribution in [3.8, 4) is 0 Å². The van der Waals surface area contributed by atoms with Gasteiger partial charge in [-0.05, 0) is 44.2 Å². The van der Waals surface area contributed by atoms with Gasteiger partial charge in [0.1, 0.15) is 0 Å². The maximum absolute atomic E-state index is 13.0. The van der Waals surface area contributed by atoms with Crippen LogP contribution >= 0.6 is 11.6 Å². The van der Waals surface area contributed by atoms with Gasteiger partial charge < -0.3 is 10.2 Å². The van der Waals surface area contributed by atoms with Crippen molar-refractivity contribution in [2.24, 2.45) is 0 Å². The van der Waals surface area contributed by atoms with E-state index in [2.05, 4.69) is 5.32 Å². The summed E-state index contributed by atoms with van der Waals surface area (Å²) in [5, 5.41) is 4.07. The summed E-state index contributed by atoms with van der Waals surface area (Å²) in [6.07, 6.45) is 9.79. The average Bonchev–Trinajstić information content (AvgIpc) is 2.59. The van der Waals surface area contributed by atoms with Crippen molar-refractivity contribution in [2.75, 3.05) is 13.1 Å². The molecule has 1 saturated carbocycles. The Morgan fingerprint density at radius 2 is 1.61 bits per heavy atom. The third-order valence-corrected chi connectivity index (χ3v) is 5.57. The van der Waals surface area contributed by atoms with Gasteiger partial charge in [-0.2, -0.15) is 0 Å². The molecule has 0 radical (unpaired) electrons. The van der Waals surface area contributed by atoms with E-state index in [4.69, 9.17) is 11.6 Å². The van der Waals surface area contributed by atoms with Gasteiger partial charge >= 0.3 is 0 Å². The molecule has 1 aromatic rings. The van der Waals surface area contributed by atoms with Crippen molar-refractivity contribution in [1.82, 2.24) is 5.32 Å². The third kappa shape index (κ3) is 4.48. The highest BCUT2D eigenvalue weighted by molar-refractivity contribution is 6.30. The first-order valence-corrected chi connectivity index (χ1v) is 9.52. The van der Waals surface area contributed by atoms with E-state index in [0.29, 0.717) is 6.04 Å². The minimum absolute atomic E-state index is 0.0884. The smallest absolute Gasteiger partial charge is 0.283 e. The van der Waals surface area contributed by atoms with E-state index in [1.54, 1.807) is 0 Å². The van der Waals surface area contributed by atoms with Gasteiger partial charge in [-0.1, -0.05) is 43.0 Å². The van der Waals surface area contributed by atoms with Gasteiger partial charge in [0, 0.05) is 16.6 Å². The van der Waals surface area contributed by atoms with Crippen molar-refractivity contribution in [3.05, 3.63) is 34.9 Å². The maximum Gasteiger partial charge on any atom is 0.283 e. The molecule has 1 unspecified atom stereocenters. The molecule has 2 N–H and O–H groups in total. The van der Waals surface area contributed by atoms with Crippen LogP contribution in [0.4, 0.5) is 0 Å². The molecule has 126 valence electrons. The lowest BCUT2D eigenvalue weighted by Gasteiger charge is -2.32. The van der Waals surface area contributed by atoms with E-state index in [9.17, 15) is 4.79 Å². The number of benzene rings is 1. The summed E-state index contributed by atoms with van der Waals surface area (Å²) in [5.74, 6) is 0.205. The van der Waals surface area contributed by atoms with Gasteiger partial charge in [0.25, 0.3) is 5.91 Å². The van der Waals surface area contributed by atoms with Crippen molar-refractivity contribution in [3.63, 3.8) is 0 Å². The van der Waals surface area contributed by atoms with E-state index in [-0.39, 0.29) is 11.9 Å². The topological polar surface area (TPSA) is 33.5 Å². The van der Waals surface area contributed by atoms with Crippen LogP contribution in [0.5, 0.6) is 0 Å². The lowest BCUT2D eigenvalue weighted by Crippen LogP contribution is -3.14. The normalized spacial score (nSPS) is 21.8. The van der Waals surface area contributed by atoms with Crippen LogP contribution in [0.15, 0.2) is 24.3 Å². The van der Waals surface area contributed by atoms with Crippen molar-refractivity contribution >= 4 is 17.5 Å². The fourth-order valence-corrected chi connectivity index (χ4v) is 4.18. The zero-order valence-electron chi connectivity index (χ0n) is 13.8.